The topological polar surface area (TPSA) is 9.23 Å². The van der Waals surface area contributed by atoms with Crippen molar-refractivity contribution in [1.29, 1.82) is 0 Å². The summed E-state index contributed by atoms with van der Waals surface area (Å²) in [5, 5.41) is 0. The van der Waals surface area contributed by atoms with E-state index in [1.807, 2.05) is 18.2 Å². The van der Waals surface area contributed by atoms with Crippen LogP contribution >= 0.6 is 11.6 Å². The minimum absolute atomic E-state index is 0.293. The Labute approximate surface area is 118 Å². The molecule has 0 radical (unpaired) electrons. The predicted octanol–water partition coefficient (Wildman–Crippen LogP) is 4.58. The van der Waals surface area contributed by atoms with Gasteiger partial charge in [0, 0.05) is 5.88 Å². The van der Waals surface area contributed by atoms with Crippen LogP contribution < -0.4 is 4.74 Å². The van der Waals surface area contributed by atoms with Gasteiger partial charge in [0.05, 0.1) is 6.61 Å². The van der Waals surface area contributed by atoms with Crippen LogP contribution in [0.1, 0.15) is 17.5 Å². The molecule has 2 rings (SSSR count). The van der Waals surface area contributed by atoms with E-state index in [0.29, 0.717) is 18.2 Å². The van der Waals surface area contributed by atoms with Crippen LogP contribution in [0.5, 0.6) is 5.75 Å². The maximum Gasteiger partial charge on any atom is 0.165 e. The average Bonchev–Trinajstić information content (AvgIpc) is 2.46. The zero-order valence-corrected chi connectivity index (χ0v) is 11.4. The van der Waals surface area contributed by atoms with E-state index in [1.54, 1.807) is 12.1 Å². The Hall–Kier alpha value is -1.54. The van der Waals surface area contributed by atoms with Crippen LogP contribution in [0.4, 0.5) is 4.39 Å². The zero-order chi connectivity index (χ0) is 13.5. The first-order chi connectivity index (χ1) is 9.29. The Kier molecular flexibility index (Phi) is 5.22. The second-order valence-corrected chi connectivity index (χ2v) is 4.60. The van der Waals surface area contributed by atoms with Crippen LogP contribution in [0, 0.1) is 5.82 Å². The highest BCUT2D eigenvalue weighted by molar-refractivity contribution is 6.17. The van der Waals surface area contributed by atoms with E-state index < -0.39 is 0 Å². The van der Waals surface area contributed by atoms with Crippen LogP contribution in [0.2, 0.25) is 0 Å². The Morgan fingerprint density at radius 1 is 1.00 bits per heavy atom. The molecule has 0 aliphatic heterocycles. The fraction of sp³-hybridized carbons (Fsp3) is 0.250. The molecule has 0 fully saturated rings. The van der Waals surface area contributed by atoms with Crippen LogP contribution in [-0.2, 0) is 12.3 Å². The van der Waals surface area contributed by atoms with Gasteiger partial charge in [0.25, 0.3) is 0 Å². The first kappa shape index (κ1) is 13.9. The summed E-state index contributed by atoms with van der Waals surface area (Å²) in [5.74, 6) is 0.255. The highest BCUT2D eigenvalue weighted by atomic mass is 35.5. The predicted molar refractivity (Wildman–Crippen MR) is 76.2 cm³/mol. The zero-order valence-electron chi connectivity index (χ0n) is 10.6. The SMILES string of the molecule is Fc1cc(CCl)ccc1OCCCc1ccccc1. The van der Waals surface area contributed by atoms with E-state index in [2.05, 4.69) is 12.1 Å². The molecular weight excluding hydrogens is 263 g/mol. The van der Waals surface area contributed by atoms with Gasteiger partial charge in [-0.15, -0.1) is 11.6 Å². The minimum atomic E-state index is -0.349. The summed E-state index contributed by atoms with van der Waals surface area (Å²) in [6.07, 6.45) is 1.79. The minimum Gasteiger partial charge on any atom is -0.491 e. The molecule has 100 valence electrons. The summed E-state index contributed by atoms with van der Waals surface area (Å²) in [5.41, 5.74) is 2.03. The summed E-state index contributed by atoms with van der Waals surface area (Å²) in [6.45, 7) is 0.506. The van der Waals surface area contributed by atoms with Crippen LogP contribution in [0.3, 0.4) is 0 Å². The van der Waals surface area contributed by atoms with Crippen LogP contribution in [-0.4, -0.2) is 6.61 Å². The van der Waals surface area contributed by atoms with Crippen molar-refractivity contribution in [3.05, 3.63) is 65.5 Å². The van der Waals surface area contributed by atoms with Gasteiger partial charge < -0.3 is 4.74 Å². The van der Waals surface area contributed by atoms with E-state index in [1.165, 1.54) is 11.6 Å². The maximum atomic E-state index is 13.6. The third-order valence-electron chi connectivity index (χ3n) is 2.86. The Morgan fingerprint density at radius 2 is 1.79 bits per heavy atom. The molecule has 2 aromatic carbocycles. The average molecular weight is 279 g/mol. The molecule has 0 aliphatic carbocycles. The van der Waals surface area contributed by atoms with Gasteiger partial charge in [0.15, 0.2) is 11.6 Å². The molecule has 0 heterocycles. The van der Waals surface area contributed by atoms with Gasteiger partial charge in [-0.3, -0.25) is 0 Å². The van der Waals surface area contributed by atoms with Gasteiger partial charge in [0.2, 0.25) is 0 Å². The number of rotatable bonds is 6. The standard InChI is InChI=1S/C16H16ClFO/c17-12-14-8-9-16(15(18)11-14)19-10-4-7-13-5-2-1-3-6-13/h1-3,5-6,8-9,11H,4,7,10,12H2. The van der Waals surface area contributed by atoms with Crippen molar-refractivity contribution in [3.8, 4) is 5.75 Å². The van der Waals surface area contributed by atoms with Gasteiger partial charge in [-0.2, -0.15) is 0 Å². The smallest absolute Gasteiger partial charge is 0.165 e. The van der Waals surface area contributed by atoms with E-state index in [9.17, 15) is 4.39 Å². The molecule has 2 aromatic rings. The van der Waals surface area contributed by atoms with Crippen molar-refractivity contribution in [2.45, 2.75) is 18.7 Å². The van der Waals surface area contributed by atoms with Crippen molar-refractivity contribution < 1.29 is 9.13 Å². The Morgan fingerprint density at radius 3 is 2.47 bits per heavy atom. The molecule has 0 saturated heterocycles. The molecule has 0 spiro atoms. The molecular formula is C16H16ClFO. The highest BCUT2D eigenvalue weighted by Gasteiger charge is 2.04. The van der Waals surface area contributed by atoms with Crippen molar-refractivity contribution >= 4 is 11.6 Å². The number of hydrogen-bond donors (Lipinski definition) is 0. The van der Waals surface area contributed by atoms with E-state index in [4.69, 9.17) is 16.3 Å². The normalized spacial score (nSPS) is 10.4. The Balaban J connectivity index is 1.80. The van der Waals surface area contributed by atoms with Gasteiger partial charge >= 0.3 is 0 Å². The third kappa shape index (κ3) is 4.25. The van der Waals surface area contributed by atoms with Crippen LogP contribution in [0.15, 0.2) is 48.5 Å². The molecule has 0 unspecified atom stereocenters. The largest absolute Gasteiger partial charge is 0.491 e. The summed E-state index contributed by atoms with van der Waals surface area (Å²) in [7, 11) is 0. The van der Waals surface area contributed by atoms with E-state index in [0.717, 1.165) is 18.4 Å². The molecule has 0 saturated carbocycles. The number of aryl methyl sites for hydroxylation is 1. The maximum absolute atomic E-state index is 13.6. The number of hydrogen-bond acceptors (Lipinski definition) is 1. The number of benzene rings is 2. The fourth-order valence-electron chi connectivity index (χ4n) is 1.85. The molecule has 1 nitrogen and oxygen atoms in total. The van der Waals surface area contributed by atoms with Gasteiger partial charge in [-0.1, -0.05) is 36.4 Å². The number of halogens is 2. The van der Waals surface area contributed by atoms with Crippen LogP contribution in [0.25, 0.3) is 0 Å². The quantitative estimate of drug-likeness (QED) is 0.555. The lowest BCUT2D eigenvalue weighted by atomic mass is 10.1. The molecule has 0 amide bonds. The first-order valence-electron chi connectivity index (χ1n) is 6.30. The molecule has 0 aliphatic rings. The molecule has 19 heavy (non-hydrogen) atoms. The van der Waals surface area contributed by atoms with Crippen molar-refractivity contribution in [2.24, 2.45) is 0 Å². The monoisotopic (exact) mass is 278 g/mol. The highest BCUT2D eigenvalue weighted by Crippen LogP contribution is 2.19. The van der Waals surface area contributed by atoms with E-state index in [-0.39, 0.29) is 5.82 Å². The van der Waals surface area contributed by atoms with Crippen molar-refractivity contribution in [3.63, 3.8) is 0 Å². The fourth-order valence-corrected chi connectivity index (χ4v) is 2.01. The summed E-state index contributed by atoms with van der Waals surface area (Å²) in [6, 6.07) is 15.0. The summed E-state index contributed by atoms with van der Waals surface area (Å²) >= 11 is 5.64. The lowest BCUT2D eigenvalue weighted by Gasteiger charge is -2.08. The van der Waals surface area contributed by atoms with Gasteiger partial charge in [-0.25, -0.2) is 4.39 Å². The number of ether oxygens (including phenoxy) is 1. The summed E-state index contributed by atoms with van der Waals surface area (Å²) in [4.78, 5) is 0. The second-order valence-electron chi connectivity index (χ2n) is 4.34. The molecule has 3 heteroatoms. The number of alkyl halides is 1. The summed E-state index contributed by atoms with van der Waals surface area (Å²) < 4.78 is 19.0. The lowest BCUT2D eigenvalue weighted by molar-refractivity contribution is 0.295. The van der Waals surface area contributed by atoms with Gasteiger partial charge in [0.1, 0.15) is 0 Å². The Bertz CT molecular complexity index is 513. The van der Waals surface area contributed by atoms with E-state index >= 15 is 0 Å². The molecule has 0 bridgehead atoms. The van der Waals surface area contributed by atoms with Gasteiger partial charge in [-0.05, 0) is 36.1 Å². The molecule has 0 aromatic heterocycles. The molecule has 0 atom stereocenters. The first-order valence-corrected chi connectivity index (χ1v) is 6.84. The third-order valence-corrected chi connectivity index (χ3v) is 3.17. The lowest BCUT2D eigenvalue weighted by Crippen LogP contribution is -2.01. The van der Waals surface area contributed by atoms with Crippen molar-refractivity contribution in [2.75, 3.05) is 6.61 Å². The second kappa shape index (κ2) is 7.15. The molecule has 0 N–H and O–H groups in total. The van der Waals surface area contributed by atoms with Crippen molar-refractivity contribution in [1.82, 2.24) is 0 Å².